The monoisotopic (exact) mass is 282 g/mol. The van der Waals surface area contributed by atoms with Crippen molar-refractivity contribution in [2.75, 3.05) is 18.0 Å². The molecule has 0 aromatic carbocycles. The molecule has 0 unspecified atom stereocenters. The van der Waals surface area contributed by atoms with Gasteiger partial charge in [-0.05, 0) is 18.6 Å². The molecule has 0 aliphatic carbocycles. The molecule has 0 atom stereocenters. The molecule has 16 heavy (non-hydrogen) atoms. The van der Waals surface area contributed by atoms with Crippen molar-refractivity contribution in [2.45, 2.75) is 6.42 Å². The van der Waals surface area contributed by atoms with E-state index in [4.69, 9.17) is 5.11 Å². The van der Waals surface area contributed by atoms with Crippen LogP contribution in [0.5, 0.6) is 0 Å². The number of carbonyl (C=O) groups is 1. The van der Waals surface area contributed by atoms with Crippen LogP contribution in [0.4, 0.5) is 5.82 Å². The predicted molar refractivity (Wildman–Crippen MR) is 65.0 cm³/mol. The van der Waals surface area contributed by atoms with Gasteiger partial charge in [-0.15, -0.1) is 0 Å². The third-order valence-electron chi connectivity index (χ3n) is 2.38. The molecular weight excluding hydrogens is 272 g/mol. The molecule has 1 aliphatic rings. The molecule has 0 bridgehead atoms. The van der Waals surface area contributed by atoms with Gasteiger partial charge in [0.05, 0.1) is 6.54 Å². The Labute approximate surface area is 102 Å². The molecule has 1 aliphatic heterocycles. The Kier molecular flexibility index (Phi) is 3.24. The quantitative estimate of drug-likeness (QED) is 0.904. The molecule has 0 radical (unpaired) electrons. The van der Waals surface area contributed by atoms with Crippen LogP contribution in [0, 0.1) is 0 Å². The Balaban J connectivity index is 2.24. The normalized spacial score (nSPS) is 15.8. The van der Waals surface area contributed by atoms with Crippen LogP contribution in [0.15, 0.2) is 28.8 Å². The number of carboxylic acid groups (broad SMARTS) is 1. The first-order chi connectivity index (χ1) is 7.66. The summed E-state index contributed by atoms with van der Waals surface area (Å²) in [5.41, 5.74) is 0.0863. The van der Waals surface area contributed by atoms with Crippen molar-refractivity contribution in [2.24, 2.45) is 0 Å². The SMILES string of the molecule is O=C(O)c1cccc(N2CCC=C(Br)C2)n1. The van der Waals surface area contributed by atoms with Crippen LogP contribution in [0.1, 0.15) is 16.9 Å². The van der Waals surface area contributed by atoms with Crippen LogP contribution in [0.25, 0.3) is 0 Å². The van der Waals surface area contributed by atoms with Gasteiger partial charge in [-0.25, -0.2) is 9.78 Å². The number of anilines is 1. The highest BCUT2D eigenvalue weighted by Crippen LogP contribution is 2.20. The zero-order valence-electron chi connectivity index (χ0n) is 8.56. The second-order valence-corrected chi connectivity index (χ2v) is 4.57. The summed E-state index contributed by atoms with van der Waals surface area (Å²) in [7, 11) is 0. The largest absolute Gasteiger partial charge is 0.477 e. The summed E-state index contributed by atoms with van der Waals surface area (Å²) in [6, 6.07) is 5.05. The molecule has 2 rings (SSSR count). The third-order valence-corrected chi connectivity index (χ3v) is 2.96. The Morgan fingerprint density at radius 1 is 1.50 bits per heavy atom. The molecule has 2 heterocycles. The van der Waals surface area contributed by atoms with Gasteiger partial charge < -0.3 is 10.0 Å². The summed E-state index contributed by atoms with van der Waals surface area (Å²) in [6.07, 6.45) is 3.07. The molecule has 1 aromatic rings. The molecule has 0 saturated carbocycles. The second-order valence-electron chi connectivity index (χ2n) is 3.55. The number of aromatic nitrogens is 1. The van der Waals surface area contributed by atoms with E-state index in [9.17, 15) is 4.79 Å². The maximum atomic E-state index is 10.8. The van der Waals surface area contributed by atoms with Crippen molar-refractivity contribution < 1.29 is 9.90 Å². The van der Waals surface area contributed by atoms with Crippen molar-refractivity contribution >= 4 is 27.7 Å². The van der Waals surface area contributed by atoms with Crippen molar-refractivity contribution in [3.8, 4) is 0 Å². The van der Waals surface area contributed by atoms with E-state index in [-0.39, 0.29) is 5.69 Å². The van der Waals surface area contributed by atoms with Gasteiger partial charge in [-0.2, -0.15) is 0 Å². The first-order valence-corrected chi connectivity index (χ1v) is 5.76. The van der Waals surface area contributed by atoms with Gasteiger partial charge in [0.25, 0.3) is 0 Å². The van der Waals surface area contributed by atoms with Gasteiger partial charge >= 0.3 is 5.97 Å². The zero-order valence-corrected chi connectivity index (χ0v) is 10.1. The van der Waals surface area contributed by atoms with Crippen LogP contribution in [0.3, 0.4) is 0 Å². The maximum absolute atomic E-state index is 10.8. The number of hydrogen-bond acceptors (Lipinski definition) is 3. The van der Waals surface area contributed by atoms with Gasteiger partial charge in [0.15, 0.2) is 5.69 Å². The summed E-state index contributed by atoms with van der Waals surface area (Å²) in [5.74, 6) is -0.279. The standard InChI is InChI=1S/C11H11BrN2O2/c12-8-3-2-6-14(7-8)10-5-1-4-9(13-10)11(15)16/h1,3-5H,2,6-7H2,(H,15,16). The van der Waals surface area contributed by atoms with E-state index in [1.165, 1.54) is 6.07 Å². The number of hydrogen-bond donors (Lipinski definition) is 1. The average Bonchev–Trinajstić information content (AvgIpc) is 2.29. The topological polar surface area (TPSA) is 53.4 Å². The smallest absolute Gasteiger partial charge is 0.354 e. The number of pyridine rings is 1. The Morgan fingerprint density at radius 2 is 2.31 bits per heavy atom. The Hall–Kier alpha value is -1.36. The Bertz CT molecular complexity index is 445. The molecule has 0 amide bonds. The molecule has 1 aromatic heterocycles. The lowest BCUT2D eigenvalue weighted by Gasteiger charge is -2.26. The van der Waals surface area contributed by atoms with Crippen LogP contribution in [-0.2, 0) is 0 Å². The third kappa shape index (κ3) is 2.41. The minimum Gasteiger partial charge on any atom is -0.477 e. The second kappa shape index (κ2) is 4.65. The van der Waals surface area contributed by atoms with Gasteiger partial charge in [-0.1, -0.05) is 28.1 Å². The number of aromatic carboxylic acids is 1. The maximum Gasteiger partial charge on any atom is 0.354 e. The van der Waals surface area contributed by atoms with E-state index in [1.54, 1.807) is 6.07 Å². The van der Waals surface area contributed by atoms with Crippen molar-refractivity contribution in [1.82, 2.24) is 4.98 Å². The van der Waals surface area contributed by atoms with Gasteiger partial charge in [0.1, 0.15) is 5.82 Å². The van der Waals surface area contributed by atoms with E-state index in [2.05, 4.69) is 31.9 Å². The van der Waals surface area contributed by atoms with Crippen LogP contribution in [0.2, 0.25) is 0 Å². The molecule has 0 fully saturated rings. The van der Waals surface area contributed by atoms with Crippen LogP contribution in [-0.4, -0.2) is 29.1 Å². The summed E-state index contributed by atoms with van der Waals surface area (Å²) in [5, 5.41) is 8.86. The Morgan fingerprint density at radius 3 is 3.00 bits per heavy atom. The fourth-order valence-corrected chi connectivity index (χ4v) is 2.15. The first-order valence-electron chi connectivity index (χ1n) is 4.96. The summed E-state index contributed by atoms with van der Waals surface area (Å²) in [4.78, 5) is 17.0. The van der Waals surface area contributed by atoms with Gasteiger partial charge in [0.2, 0.25) is 0 Å². The number of halogens is 1. The molecule has 0 saturated heterocycles. The first kappa shape index (κ1) is 11.1. The van der Waals surface area contributed by atoms with Crippen molar-refractivity contribution in [3.63, 3.8) is 0 Å². The van der Waals surface area contributed by atoms with Gasteiger partial charge in [0, 0.05) is 11.0 Å². The summed E-state index contributed by atoms with van der Waals surface area (Å²) < 4.78 is 1.11. The number of rotatable bonds is 2. The van der Waals surface area contributed by atoms with Gasteiger partial charge in [-0.3, -0.25) is 0 Å². The van der Waals surface area contributed by atoms with Crippen LogP contribution < -0.4 is 4.90 Å². The molecule has 5 heteroatoms. The molecule has 1 N–H and O–H groups in total. The lowest BCUT2D eigenvalue weighted by molar-refractivity contribution is 0.0690. The zero-order chi connectivity index (χ0) is 11.5. The molecule has 84 valence electrons. The number of carboxylic acids is 1. The summed E-state index contributed by atoms with van der Waals surface area (Å²) >= 11 is 3.45. The molecule has 0 spiro atoms. The van der Waals surface area contributed by atoms with Crippen molar-refractivity contribution in [1.29, 1.82) is 0 Å². The highest BCUT2D eigenvalue weighted by atomic mass is 79.9. The van der Waals surface area contributed by atoms with Crippen LogP contribution >= 0.6 is 15.9 Å². The van der Waals surface area contributed by atoms with E-state index < -0.39 is 5.97 Å². The van der Waals surface area contributed by atoms with E-state index in [0.29, 0.717) is 5.82 Å². The molecular formula is C11H11BrN2O2. The highest BCUT2D eigenvalue weighted by Gasteiger charge is 2.14. The lowest BCUT2D eigenvalue weighted by atomic mass is 10.2. The predicted octanol–water partition coefficient (Wildman–Crippen LogP) is 2.27. The number of nitrogens with zero attached hydrogens (tertiary/aromatic N) is 2. The molecule has 4 nitrogen and oxygen atoms in total. The fraction of sp³-hybridized carbons (Fsp3) is 0.273. The average molecular weight is 283 g/mol. The van der Waals surface area contributed by atoms with E-state index in [0.717, 1.165) is 24.0 Å². The van der Waals surface area contributed by atoms with E-state index in [1.807, 2.05) is 6.07 Å². The lowest BCUT2D eigenvalue weighted by Crippen LogP contribution is -2.29. The minimum absolute atomic E-state index is 0.0863. The van der Waals surface area contributed by atoms with Crippen molar-refractivity contribution in [3.05, 3.63) is 34.5 Å². The van der Waals surface area contributed by atoms with E-state index >= 15 is 0 Å². The highest BCUT2D eigenvalue weighted by molar-refractivity contribution is 9.11. The summed E-state index contributed by atoms with van der Waals surface area (Å²) in [6.45, 7) is 1.61. The fourth-order valence-electron chi connectivity index (χ4n) is 1.62. The minimum atomic E-state index is -0.992.